The average Bonchev–Trinajstić information content (AvgIpc) is 3.09. The zero-order valence-electron chi connectivity index (χ0n) is 11.1. The summed E-state index contributed by atoms with van der Waals surface area (Å²) in [5, 5.41) is 0. The van der Waals surface area contributed by atoms with Gasteiger partial charge in [-0.2, -0.15) is 0 Å². The minimum absolute atomic E-state index is 0.0267. The normalized spacial score (nSPS) is 25.9. The molecule has 2 fully saturated rings. The number of nitrogens with zero attached hydrogens (tertiary/aromatic N) is 1. The van der Waals surface area contributed by atoms with E-state index >= 15 is 0 Å². The Kier molecular flexibility index (Phi) is 3.33. The number of methoxy groups -OCH3 is 1. The van der Waals surface area contributed by atoms with Crippen LogP contribution in [0.4, 0.5) is 0 Å². The van der Waals surface area contributed by atoms with Crippen molar-refractivity contribution in [2.24, 2.45) is 0 Å². The van der Waals surface area contributed by atoms with Gasteiger partial charge in [0.1, 0.15) is 0 Å². The molecule has 3 rings (SSSR count). The standard InChI is InChI=1S/C14H19NO4/c1-17-11-9-14(19-10-11)4-6-15(7-5-14)13(16)12-3-2-8-18-12/h2-3,8,11H,4-7,9-10H2,1H3. The van der Waals surface area contributed by atoms with E-state index in [1.165, 1.54) is 6.26 Å². The second-order valence-corrected chi connectivity index (χ2v) is 5.33. The van der Waals surface area contributed by atoms with Crippen LogP contribution in [0.1, 0.15) is 29.8 Å². The van der Waals surface area contributed by atoms with Crippen LogP contribution in [0.25, 0.3) is 0 Å². The fourth-order valence-electron chi connectivity index (χ4n) is 2.98. The van der Waals surface area contributed by atoms with Gasteiger partial charge in [0.05, 0.1) is 24.6 Å². The van der Waals surface area contributed by atoms with Gasteiger partial charge in [-0.3, -0.25) is 4.79 Å². The van der Waals surface area contributed by atoms with Crippen molar-refractivity contribution in [2.45, 2.75) is 31.0 Å². The predicted molar refractivity (Wildman–Crippen MR) is 67.9 cm³/mol. The molecule has 5 heteroatoms. The number of piperidine rings is 1. The molecule has 0 N–H and O–H groups in total. The van der Waals surface area contributed by atoms with Gasteiger partial charge in [0, 0.05) is 26.6 Å². The highest BCUT2D eigenvalue weighted by Crippen LogP contribution is 2.37. The van der Waals surface area contributed by atoms with Crippen LogP contribution >= 0.6 is 0 Å². The van der Waals surface area contributed by atoms with Crippen LogP contribution in [-0.2, 0) is 9.47 Å². The summed E-state index contributed by atoms with van der Waals surface area (Å²) in [5.41, 5.74) is -0.0827. The van der Waals surface area contributed by atoms with Gasteiger partial charge in [0.25, 0.3) is 5.91 Å². The molecule has 0 radical (unpaired) electrons. The first kappa shape index (κ1) is 12.7. The smallest absolute Gasteiger partial charge is 0.289 e. The second-order valence-electron chi connectivity index (χ2n) is 5.33. The third-order valence-electron chi connectivity index (χ3n) is 4.20. The fourth-order valence-corrected chi connectivity index (χ4v) is 2.98. The van der Waals surface area contributed by atoms with Gasteiger partial charge in [0.2, 0.25) is 0 Å². The number of carbonyl (C=O) groups is 1. The molecule has 0 aromatic carbocycles. The summed E-state index contributed by atoms with van der Waals surface area (Å²) < 4.78 is 16.4. The lowest BCUT2D eigenvalue weighted by Crippen LogP contribution is -2.46. The molecule has 5 nitrogen and oxygen atoms in total. The molecule has 19 heavy (non-hydrogen) atoms. The van der Waals surface area contributed by atoms with Gasteiger partial charge in [-0.05, 0) is 25.0 Å². The Morgan fingerprint density at radius 2 is 2.26 bits per heavy atom. The average molecular weight is 265 g/mol. The topological polar surface area (TPSA) is 51.9 Å². The Bertz CT molecular complexity index is 434. The lowest BCUT2D eigenvalue weighted by atomic mass is 9.88. The molecule has 0 bridgehead atoms. The molecule has 2 saturated heterocycles. The Morgan fingerprint density at radius 1 is 1.47 bits per heavy atom. The summed E-state index contributed by atoms with van der Waals surface area (Å²) in [6, 6.07) is 3.45. The highest BCUT2D eigenvalue weighted by Gasteiger charge is 2.43. The van der Waals surface area contributed by atoms with Crippen molar-refractivity contribution >= 4 is 5.91 Å². The lowest BCUT2D eigenvalue weighted by molar-refractivity contribution is -0.0406. The zero-order chi connectivity index (χ0) is 13.3. The van der Waals surface area contributed by atoms with Crippen molar-refractivity contribution in [3.05, 3.63) is 24.2 Å². The Hall–Kier alpha value is -1.33. The molecule has 104 valence electrons. The molecular weight excluding hydrogens is 246 g/mol. The largest absolute Gasteiger partial charge is 0.459 e. The summed E-state index contributed by atoms with van der Waals surface area (Å²) >= 11 is 0. The quantitative estimate of drug-likeness (QED) is 0.816. The van der Waals surface area contributed by atoms with Crippen molar-refractivity contribution < 1.29 is 18.7 Å². The van der Waals surface area contributed by atoms with E-state index in [0.717, 1.165) is 32.4 Å². The molecule has 0 aliphatic carbocycles. The van der Waals surface area contributed by atoms with E-state index in [-0.39, 0.29) is 17.6 Å². The third kappa shape index (κ3) is 2.40. The van der Waals surface area contributed by atoms with E-state index in [1.807, 2.05) is 4.90 Å². The van der Waals surface area contributed by atoms with Crippen molar-refractivity contribution in [1.29, 1.82) is 0 Å². The third-order valence-corrected chi connectivity index (χ3v) is 4.20. The van der Waals surface area contributed by atoms with Crippen LogP contribution in [0.2, 0.25) is 0 Å². The van der Waals surface area contributed by atoms with E-state index in [2.05, 4.69) is 0 Å². The Morgan fingerprint density at radius 3 is 2.84 bits per heavy atom. The Labute approximate surface area is 112 Å². The first-order chi connectivity index (χ1) is 9.22. The number of ether oxygens (including phenoxy) is 2. The highest BCUT2D eigenvalue weighted by atomic mass is 16.6. The summed E-state index contributed by atoms with van der Waals surface area (Å²) in [5.74, 6) is 0.388. The lowest BCUT2D eigenvalue weighted by Gasteiger charge is -2.38. The predicted octanol–water partition coefficient (Wildman–Crippen LogP) is 1.69. The van der Waals surface area contributed by atoms with Crippen LogP contribution < -0.4 is 0 Å². The first-order valence-corrected chi connectivity index (χ1v) is 6.72. The molecular formula is C14H19NO4. The van der Waals surface area contributed by atoms with Crippen molar-refractivity contribution in [3.63, 3.8) is 0 Å². The maximum atomic E-state index is 12.2. The van der Waals surface area contributed by atoms with Gasteiger partial charge in [0.15, 0.2) is 5.76 Å². The maximum absolute atomic E-state index is 12.2. The van der Waals surface area contributed by atoms with E-state index in [0.29, 0.717) is 12.4 Å². The minimum atomic E-state index is -0.0827. The first-order valence-electron chi connectivity index (χ1n) is 6.72. The van der Waals surface area contributed by atoms with Crippen molar-refractivity contribution in [2.75, 3.05) is 26.8 Å². The number of amides is 1. The zero-order valence-corrected chi connectivity index (χ0v) is 11.1. The maximum Gasteiger partial charge on any atom is 0.289 e. The molecule has 0 saturated carbocycles. The molecule has 1 aromatic heterocycles. The summed E-state index contributed by atoms with van der Waals surface area (Å²) in [6.45, 7) is 2.11. The molecule has 2 aliphatic rings. The van der Waals surface area contributed by atoms with Crippen LogP contribution in [0.5, 0.6) is 0 Å². The molecule has 1 amide bonds. The monoisotopic (exact) mass is 265 g/mol. The molecule has 1 spiro atoms. The number of likely N-dealkylation sites (tertiary alicyclic amines) is 1. The van der Waals surface area contributed by atoms with Crippen LogP contribution in [0.3, 0.4) is 0 Å². The van der Waals surface area contributed by atoms with E-state index < -0.39 is 0 Å². The van der Waals surface area contributed by atoms with Gasteiger partial charge in [-0.1, -0.05) is 0 Å². The summed E-state index contributed by atoms with van der Waals surface area (Å²) in [6.07, 6.45) is 4.42. The van der Waals surface area contributed by atoms with Crippen LogP contribution in [0.15, 0.2) is 22.8 Å². The number of furan rings is 1. The van der Waals surface area contributed by atoms with E-state index in [1.54, 1.807) is 19.2 Å². The van der Waals surface area contributed by atoms with Gasteiger partial charge < -0.3 is 18.8 Å². The SMILES string of the molecule is COC1COC2(CCN(C(=O)c3ccco3)CC2)C1. The summed E-state index contributed by atoms with van der Waals surface area (Å²) in [4.78, 5) is 14.0. The number of hydrogen-bond donors (Lipinski definition) is 0. The fraction of sp³-hybridized carbons (Fsp3) is 0.643. The highest BCUT2D eigenvalue weighted by molar-refractivity contribution is 5.91. The van der Waals surface area contributed by atoms with E-state index in [9.17, 15) is 4.79 Å². The van der Waals surface area contributed by atoms with Crippen LogP contribution in [0, 0.1) is 0 Å². The van der Waals surface area contributed by atoms with Crippen LogP contribution in [-0.4, -0.2) is 49.3 Å². The number of hydrogen-bond acceptors (Lipinski definition) is 4. The number of rotatable bonds is 2. The van der Waals surface area contributed by atoms with E-state index in [4.69, 9.17) is 13.9 Å². The van der Waals surface area contributed by atoms with Gasteiger partial charge in [-0.25, -0.2) is 0 Å². The molecule has 3 heterocycles. The molecule has 1 aromatic rings. The number of carbonyl (C=O) groups excluding carboxylic acids is 1. The molecule has 1 unspecified atom stereocenters. The van der Waals surface area contributed by atoms with Gasteiger partial charge in [-0.15, -0.1) is 0 Å². The molecule has 2 aliphatic heterocycles. The van der Waals surface area contributed by atoms with Crippen molar-refractivity contribution in [3.8, 4) is 0 Å². The summed E-state index contributed by atoms with van der Waals surface area (Å²) in [7, 11) is 1.72. The minimum Gasteiger partial charge on any atom is -0.459 e. The molecule has 1 atom stereocenters. The van der Waals surface area contributed by atoms with Gasteiger partial charge >= 0.3 is 0 Å². The van der Waals surface area contributed by atoms with Crippen molar-refractivity contribution in [1.82, 2.24) is 4.90 Å². The second kappa shape index (κ2) is 4.98. The Balaban J connectivity index is 1.59.